The summed E-state index contributed by atoms with van der Waals surface area (Å²) in [5.74, 6) is 0. The number of aromatic nitrogens is 2. The molecule has 0 fully saturated rings. The first-order valence-electron chi connectivity index (χ1n) is 7.96. The molecule has 0 radical (unpaired) electrons. The Morgan fingerprint density at radius 3 is 1.96 bits per heavy atom. The highest BCUT2D eigenvalue weighted by Crippen LogP contribution is 2.34. The number of hydrogen-bond donors (Lipinski definition) is 0. The lowest BCUT2D eigenvalue weighted by Crippen LogP contribution is -1.74. The SMILES string of the molecule is N#CC(=Cc1ccc(-c2ccncc2)s1)c1ccc(-c2ccncc2)s1. The van der Waals surface area contributed by atoms with E-state index in [0.29, 0.717) is 5.57 Å². The van der Waals surface area contributed by atoms with Crippen LogP contribution in [0.1, 0.15) is 9.75 Å². The fourth-order valence-electron chi connectivity index (χ4n) is 2.56. The smallest absolute Gasteiger partial charge is 0.101 e. The quantitative estimate of drug-likeness (QED) is 0.414. The van der Waals surface area contributed by atoms with Gasteiger partial charge in [-0.1, -0.05) is 0 Å². The van der Waals surface area contributed by atoms with Crippen molar-refractivity contribution in [1.29, 1.82) is 5.26 Å². The molecule has 0 aliphatic heterocycles. The van der Waals surface area contributed by atoms with Gasteiger partial charge in [-0.05, 0) is 65.7 Å². The van der Waals surface area contributed by atoms with E-state index >= 15 is 0 Å². The van der Waals surface area contributed by atoms with Crippen molar-refractivity contribution < 1.29 is 0 Å². The molecule has 26 heavy (non-hydrogen) atoms. The minimum absolute atomic E-state index is 0.679. The van der Waals surface area contributed by atoms with E-state index in [1.165, 1.54) is 4.88 Å². The topological polar surface area (TPSA) is 49.6 Å². The van der Waals surface area contributed by atoms with E-state index in [0.717, 1.165) is 25.8 Å². The van der Waals surface area contributed by atoms with Gasteiger partial charge in [-0.2, -0.15) is 5.26 Å². The standard InChI is InChI=1S/C21H13N3S2/c22-14-17(21-4-3-20(26-21)16-7-11-24-12-8-16)13-18-1-2-19(25-18)15-5-9-23-10-6-15/h1-13H. The minimum atomic E-state index is 0.679. The Hall–Kier alpha value is -3.07. The van der Waals surface area contributed by atoms with Gasteiger partial charge in [0.2, 0.25) is 0 Å². The van der Waals surface area contributed by atoms with E-state index in [9.17, 15) is 5.26 Å². The summed E-state index contributed by atoms with van der Waals surface area (Å²) in [6, 6.07) is 18.5. The molecule has 124 valence electrons. The van der Waals surface area contributed by atoms with E-state index in [1.807, 2.05) is 36.4 Å². The summed E-state index contributed by atoms with van der Waals surface area (Å²) < 4.78 is 0. The summed E-state index contributed by atoms with van der Waals surface area (Å²) in [6.45, 7) is 0. The second-order valence-corrected chi connectivity index (χ2v) is 7.71. The molecule has 4 heterocycles. The van der Waals surface area contributed by atoms with Crippen LogP contribution in [0.2, 0.25) is 0 Å². The van der Waals surface area contributed by atoms with Crippen LogP contribution in [0.25, 0.3) is 32.5 Å². The van der Waals surface area contributed by atoms with Crippen LogP contribution in [0.5, 0.6) is 0 Å². The second-order valence-electron chi connectivity index (χ2n) is 5.51. The van der Waals surface area contributed by atoms with Crippen molar-refractivity contribution in [3.05, 3.63) is 83.1 Å². The Morgan fingerprint density at radius 2 is 1.35 bits per heavy atom. The van der Waals surface area contributed by atoms with Crippen LogP contribution in [0.15, 0.2) is 73.3 Å². The molecule has 0 aliphatic rings. The molecule has 4 rings (SSSR count). The lowest BCUT2D eigenvalue weighted by molar-refractivity contribution is 1.33. The third-order valence-corrected chi connectivity index (χ3v) is 6.08. The molecule has 4 aromatic rings. The van der Waals surface area contributed by atoms with Gasteiger partial charge in [0, 0.05) is 44.3 Å². The summed E-state index contributed by atoms with van der Waals surface area (Å²) in [5.41, 5.74) is 2.93. The first-order chi connectivity index (χ1) is 12.8. The van der Waals surface area contributed by atoms with Gasteiger partial charge in [0.1, 0.15) is 6.07 Å². The maximum atomic E-state index is 9.62. The maximum absolute atomic E-state index is 9.62. The molecule has 0 aliphatic carbocycles. The van der Waals surface area contributed by atoms with Gasteiger partial charge in [-0.15, -0.1) is 22.7 Å². The van der Waals surface area contributed by atoms with Gasteiger partial charge in [0.05, 0.1) is 5.57 Å². The van der Waals surface area contributed by atoms with Gasteiger partial charge >= 0.3 is 0 Å². The van der Waals surface area contributed by atoms with Crippen LogP contribution in [-0.2, 0) is 0 Å². The molecule has 0 spiro atoms. The monoisotopic (exact) mass is 371 g/mol. The zero-order valence-electron chi connectivity index (χ0n) is 13.7. The zero-order chi connectivity index (χ0) is 17.8. The normalized spacial score (nSPS) is 11.3. The summed E-state index contributed by atoms with van der Waals surface area (Å²) >= 11 is 3.29. The van der Waals surface area contributed by atoms with Crippen LogP contribution >= 0.6 is 22.7 Å². The summed E-state index contributed by atoms with van der Waals surface area (Å²) in [5, 5.41) is 9.62. The van der Waals surface area contributed by atoms with Gasteiger partial charge in [-0.25, -0.2) is 0 Å². The van der Waals surface area contributed by atoms with Gasteiger partial charge in [0.15, 0.2) is 0 Å². The van der Waals surface area contributed by atoms with Gasteiger partial charge < -0.3 is 0 Å². The third-order valence-electron chi connectivity index (χ3n) is 3.83. The van der Waals surface area contributed by atoms with E-state index in [2.05, 4.69) is 34.2 Å². The Balaban J connectivity index is 1.63. The molecule has 0 amide bonds. The fraction of sp³-hybridized carbons (Fsp3) is 0. The summed E-state index contributed by atoms with van der Waals surface area (Å²) in [7, 11) is 0. The van der Waals surface area contributed by atoms with Crippen molar-refractivity contribution >= 4 is 34.3 Å². The highest BCUT2D eigenvalue weighted by molar-refractivity contribution is 7.17. The lowest BCUT2D eigenvalue weighted by atomic mass is 10.2. The molecule has 5 heteroatoms. The van der Waals surface area contributed by atoms with E-state index < -0.39 is 0 Å². The molecule has 3 nitrogen and oxygen atoms in total. The number of pyridine rings is 2. The molecule has 0 atom stereocenters. The number of thiophene rings is 2. The highest BCUT2D eigenvalue weighted by Gasteiger charge is 2.08. The molecule has 0 saturated heterocycles. The first kappa shape index (κ1) is 16.4. The third kappa shape index (κ3) is 3.47. The molecule has 0 saturated carbocycles. The van der Waals surface area contributed by atoms with Crippen LogP contribution in [-0.4, -0.2) is 9.97 Å². The Kier molecular flexibility index (Phi) is 4.69. The average molecular weight is 371 g/mol. The molecular weight excluding hydrogens is 358 g/mol. The second kappa shape index (κ2) is 7.44. The number of allylic oxidation sites excluding steroid dienone is 1. The molecular formula is C21H13N3S2. The average Bonchev–Trinajstić information content (AvgIpc) is 3.37. The van der Waals surface area contributed by atoms with Crippen molar-refractivity contribution in [2.45, 2.75) is 0 Å². The Morgan fingerprint density at radius 1 is 0.769 bits per heavy atom. The lowest BCUT2D eigenvalue weighted by Gasteiger charge is -1.96. The predicted octanol–water partition coefficient (Wildman–Crippen LogP) is 6.00. The van der Waals surface area contributed by atoms with Crippen molar-refractivity contribution in [2.75, 3.05) is 0 Å². The molecule has 0 bridgehead atoms. The van der Waals surface area contributed by atoms with Gasteiger partial charge in [-0.3, -0.25) is 9.97 Å². The Bertz CT molecular complexity index is 1090. The predicted molar refractivity (Wildman–Crippen MR) is 109 cm³/mol. The summed E-state index contributed by atoms with van der Waals surface area (Å²) in [4.78, 5) is 12.4. The highest BCUT2D eigenvalue weighted by atomic mass is 32.1. The molecule has 4 aromatic heterocycles. The fourth-order valence-corrected chi connectivity index (χ4v) is 4.49. The number of rotatable bonds is 4. The molecule has 0 N–H and O–H groups in total. The Labute approximate surface area is 159 Å². The van der Waals surface area contributed by atoms with Crippen LogP contribution in [0.4, 0.5) is 0 Å². The van der Waals surface area contributed by atoms with E-state index in [1.54, 1.807) is 47.5 Å². The largest absolute Gasteiger partial charge is 0.265 e. The molecule has 0 unspecified atom stereocenters. The van der Waals surface area contributed by atoms with E-state index in [-0.39, 0.29) is 0 Å². The van der Waals surface area contributed by atoms with Crippen molar-refractivity contribution in [2.24, 2.45) is 0 Å². The van der Waals surface area contributed by atoms with Crippen molar-refractivity contribution in [1.82, 2.24) is 9.97 Å². The number of nitrogens with zero attached hydrogens (tertiary/aromatic N) is 3. The van der Waals surface area contributed by atoms with E-state index in [4.69, 9.17) is 0 Å². The first-order valence-corrected chi connectivity index (χ1v) is 9.59. The van der Waals surface area contributed by atoms with Crippen molar-refractivity contribution in [3.63, 3.8) is 0 Å². The maximum Gasteiger partial charge on any atom is 0.101 e. The van der Waals surface area contributed by atoms with Crippen molar-refractivity contribution in [3.8, 4) is 27.0 Å². The van der Waals surface area contributed by atoms with Gasteiger partial charge in [0.25, 0.3) is 0 Å². The molecule has 0 aromatic carbocycles. The van der Waals surface area contributed by atoms with Crippen LogP contribution in [0.3, 0.4) is 0 Å². The van der Waals surface area contributed by atoms with Crippen LogP contribution in [0, 0.1) is 11.3 Å². The minimum Gasteiger partial charge on any atom is -0.265 e. The number of hydrogen-bond acceptors (Lipinski definition) is 5. The number of nitriles is 1. The van der Waals surface area contributed by atoms with Crippen LogP contribution < -0.4 is 0 Å². The zero-order valence-corrected chi connectivity index (χ0v) is 15.3. The summed E-state index contributed by atoms with van der Waals surface area (Å²) in [6.07, 6.45) is 9.09.